The lowest BCUT2D eigenvalue weighted by Gasteiger charge is -2.11. The van der Waals surface area contributed by atoms with Crippen LogP contribution in [0.3, 0.4) is 0 Å². The Labute approximate surface area is 181 Å². The predicted octanol–water partition coefficient (Wildman–Crippen LogP) is 6.33. The monoisotopic (exact) mass is 470 g/mol. The molecule has 29 heavy (non-hydrogen) atoms. The fourth-order valence-corrected chi connectivity index (χ4v) is 2.93. The molecule has 0 spiro atoms. The number of ether oxygens (including phenoxy) is 1. The standard InChI is InChI=1S/C22H16BrClN2O3/c1-29-19-12-4-15(5-13-19)22(28)20(21(27)14-2-6-16(23)7-3-14)26-25-18-10-8-17(24)9-11-18/h2-13,20H,1H3. The molecule has 0 N–H and O–H groups in total. The Morgan fingerprint density at radius 3 is 1.90 bits per heavy atom. The van der Waals surface area contributed by atoms with Crippen LogP contribution in [-0.2, 0) is 0 Å². The number of halogens is 2. The molecule has 0 saturated carbocycles. The van der Waals surface area contributed by atoms with Crippen LogP contribution in [-0.4, -0.2) is 24.7 Å². The Morgan fingerprint density at radius 2 is 1.38 bits per heavy atom. The van der Waals surface area contributed by atoms with Crippen LogP contribution in [0.4, 0.5) is 5.69 Å². The molecule has 0 fully saturated rings. The first-order chi connectivity index (χ1) is 14.0. The van der Waals surface area contributed by atoms with E-state index in [4.69, 9.17) is 16.3 Å². The van der Waals surface area contributed by atoms with Gasteiger partial charge in [0, 0.05) is 20.6 Å². The number of azo groups is 1. The van der Waals surface area contributed by atoms with Crippen LogP contribution in [0.15, 0.2) is 87.5 Å². The molecule has 5 nitrogen and oxygen atoms in total. The highest BCUT2D eigenvalue weighted by Crippen LogP contribution is 2.21. The number of nitrogens with zero attached hydrogens (tertiary/aromatic N) is 2. The molecule has 3 rings (SSSR count). The number of benzene rings is 3. The van der Waals surface area contributed by atoms with E-state index in [0.717, 1.165) is 4.47 Å². The van der Waals surface area contributed by atoms with Crippen molar-refractivity contribution in [3.8, 4) is 5.75 Å². The lowest BCUT2D eigenvalue weighted by Crippen LogP contribution is -2.28. The van der Waals surface area contributed by atoms with Gasteiger partial charge in [-0.05, 0) is 60.7 Å². The second-order valence-corrected chi connectivity index (χ2v) is 7.41. The van der Waals surface area contributed by atoms with E-state index in [-0.39, 0.29) is 0 Å². The largest absolute Gasteiger partial charge is 0.497 e. The summed E-state index contributed by atoms with van der Waals surface area (Å²) in [6, 6.07) is 18.6. The lowest BCUT2D eigenvalue weighted by molar-refractivity contribution is 0.0861. The number of hydrogen-bond donors (Lipinski definition) is 0. The first kappa shape index (κ1) is 20.9. The number of carbonyl (C=O) groups excluding carboxylic acids is 2. The van der Waals surface area contributed by atoms with Gasteiger partial charge in [0.05, 0.1) is 12.8 Å². The summed E-state index contributed by atoms with van der Waals surface area (Å²) in [6.07, 6.45) is 0. The van der Waals surface area contributed by atoms with Crippen LogP contribution in [0.2, 0.25) is 5.02 Å². The normalized spacial score (nSPS) is 12.0. The van der Waals surface area contributed by atoms with Crippen molar-refractivity contribution in [1.82, 2.24) is 0 Å². The van der Waals surface area contributed by atoms with Gasteiger partial charge in [0.25, 0.3) is 0 Å². The Kier molecular flexibility index (Phi) is 6.90. The van der Waals surface area contributed by atoms with Gasteiger partial charge in [-0.25, -0.2) is 0 Å². The SMILES string of the molecule is COc1ccc(C(=O)C(N=Nc2ccc(Cl)cc2)C(=O)c2ccc(Br)cc2)cc1. The van der Waals surface area contributed by atoms with E-state index in [1.807, 2.05) is 0 Å². The summed E-state index contributed by atoms with van der Waals surface area (Å²) in [5.74, 6) is -0.269. The third-order valence-electron chi connectivity index (χ3n) is 4.12. The van der Waals surface area contributed by atoms with Crippen molar-refractivity contribution in [2.75, 3.05) is 7.11 Å². The average Bonchev–Trinajstić information content (AvgIpc) is 2.75. The maximum absolute atomic E-state index is 13.1. The average molecular weight is 472 g/mol. The van der Waals surface area contributed by atoms with Crippen LogP contribution < -0.4 is 4.74 Å². The molecule has 0 bridgehead atoms. The van der Waals surface area contributed by atoms with Gasteiger partial charge >= 0.3 is 0 Å². The summed E-state index contributed by atoms with van der Waals surface area (Å²) < 4.78 is 5.95. The molecule has 0 radical (unpaired) electrons. The first-order valence-corrected chi connectivity index (χ1v) is 9.79. The van der Waals surface area contributed by atoms with Crippen molar-refractivity contribution >= 4 is 44.8 Å². The van der Waals surface area contributed by atoms with E-state index in [1.54, 1.807) is 72.8 Å². The fraction of sp³-hybridized carbons (Fsp3) is 0.0909. The predicted molar refractivity (Wildman–Crippen MR) is 116 cm³/mol. The van der Waals surface area contributed by atoms with Crippen LogP contribution in [0.25, 0.3) is 0 Å². The molecule has 1 atom stereocenters. The van der Waals surface area contributed by atoms with E-state index in [9.17, 15) is 9.59 Å². The molecular formula is C22H16BrClN2O3. The molecule has 0 saturated heterocycles. The molecule has 0 aromatic heterocycles. The van der Waals surface area contributed by atoms with Crippen molar-refractivity contribution in [2.24, 2.45) is 10.2 Å². The number of ketones is 2. The van der Waals surface area contributed by atoms with E-state index in [1.165, 1.54) is 7.11 Å². The zero-order chi connectivity index (χ0) is 20.8. The van der Waals surface area contributed by atoms with Gasteiger partial charge in [-0.15, -0.1) is 0 Å². The van der Waals surface area contributed by atoms with E-state index in [2.05, 4.69) is 26.2 Å². The molecule has 3 aromatic carbocycles. The van der Waals surface area contributed by atoms with E-state index in [0.29, 0.717) is 27.6 Å². The number of hydrogen-bond acceptors (Lipinski definition) is 5. The fourth-order valence-electron chi connectivity index (χ4n) is 2.54. The highest BCUT2D eigenvalue weighted by Gasteiger charge is 2.28. The quantitative estimate of drug-likeness (QED) is 0.230. The van der Waals surface area contributed by atoms with Crippen molar-refractivity contribution < 1.29 is 14.3 Å². The molecule has 0 amide bonds. The Hall–Kier alpha value is -2.83. The number of rotatable bonds is 7. The molecule has 3 aromatic rings. The second-order valence-electron chi connectivity index (χ2n) is 6.06. The van der Waals surface area contributed by atoms with Gasteiger partial charge in [-0.2, -0.15) is 10.2 Å². The number of methoxy groups -OCH3 is 1. The summed E-state index contributed by atoms with van der Waals surface area (Å²) >= 11 is 9.21. The Balaban J connectivity index is 1.94. The van der Waals surface area contributed by atoms with Crippen LogP contribution in [0, 0.1) is 0 Å². The maximum atomic E-state index is 13.1. The zero-order valence-corrected chi connectivity index (χ0v) is 17.7. The van der Waals surface area contributed by atoms with Gasteiger partial charge in [-0.1, -0.05) is 39.7 Å². The second kappa shape index (κ2) is 9.58. The zero-order valence-electron chi connectivity index (χ0n) is 15.4. The third kappa shape index (κ3) is 5.37. The van der Waals surface area contributed by atoms with Gasteiger partial charge in [0.15, 0.2) is 17.6 Å². The molecule has 146 valence electrons. The van der Waals surface area contributed by atoms with Crippen molar-refractivity contribution in [1.29, 1.82) is 0 Å². The van der Waals surface area contributed by atoms with Gasteiger partial charge in [-0.3, -0.25) is 9.59 Å². The minimum atomic E-state index is -1.31. The Morgan fingerprint density at radius 1 is 0.862 bits per heavy atom. The smallest absolute Gasteiger partial charge is 0.197 e. The Bertz CT molecular complexity index is 1030. The number of carbonyl (C=O) groups is 2. The summed E-state index contributed by atoms with van der Waals surface area (Å²) in [5.41, 5.74) is 1.21. The summed E-state index contributed by atoms with van der Waals surface area (Å²) in [6.45, 7) is 0. The van der Waals surface area contributed by atoms with Crippen molar-refractivity contribution in [3.63, 3.8) is 0 Å². The van der Waals surface area contributed by atoms with Crippen LogP contribution in [0.5, 0.6) is 5.75 Å². The first-order valence-electron chi connectivity index (χ1n) is 8.62. The van der Waals surface area contributed by atoms with Crippen LogP contribution in [0.1, 0.15) is 20.7 Å². The molecule has 0 aliphatic carbocycles. The van der Waals surface area contributed by atoms with Gasteiger partial charge < -0.3 is 4.74 Å². The summed E-state index contributed by atoms with van der Waals surface area (Å²) in [5, 5.41) is 8.72. The van der Waals surface area contributed by atoms with Gasteiger partial charge in [0.2, 0.25) is 0 Å². The molecular weight excluding hydrogens is 456 g/mol. The summed E-state index contributed by atoms with van der Waals surface area (Å²) in [7, 11) is 1.54. The molecule has 7 heteroatoms. The molecule has 0 aliphatic rings. The highest BCUT2D eigenvalue weighted by molar-refractivity contribution is 9.10. The van der Waals surface area contributed by atoms with E-state index >= 15 is 0 Å². The number of Topliss-reactive ketones (excluding diaryl/α,β-unsaturated/α-hetero) is 2. The molecule has 0 heterocycles. The minimum Gasteiger partial charge on any atom is -0.497 e. The van der Waals surface area contributed by atoms with Crippen molar-refractivity contribution in [2.45, 2.75) is 6.04 Å². The van der Waals surface area contributed by atoms with Crippen LogP contribution >= 0.6 is 27.5 Å². The maximum Gasteiger partial charge on any atom is 0.197 e. The summed E-state index contributed by atoms with van der Waals surface area (Å²) in [4.78, 5) is 26.1. The third-order valence-corrected chi connectivity index (χ3v) is 4.90. The highest BCUT2D eigenvalue weighted by atomic mass is 79.9. The van der Waals surface area contributed by atoms with E-state index < -0.39 is 17.6 Å². The van der Waals surface area contributed by atoms with Crippen molar-refractivity contribution in [3.05, 3.63) is 93.4 Å². The molecule has 1 unspecified atom stereocenters. The minimum absolute atomic E-state index is 0.344. The topological polar surface area (TPSA) is 68.1 Å². The lowest BCUT2D eigenvalue weighted by atomic mass is 9.97. The van der Waals surface area contributed by atoms with Gasteiger partial charge in [0.1, 0.15) is 5.75 Å². The molecule has 0 aliphatic heterocycles.